The topological polar surface area (TPSA) is 36.4 Å². The normalized spacial score (nSPS) is 12.2. The molecule has 0 aromatic heterocycles. The van der Waals surface area contributed by atoms with Gasteiger partial charge in [0.05, 0.1) is 10.8 Å². The highest BCUT2D eigenvalue weighted by Gasteiger charge is 2.23. The quantitative estimate of drug-likeness (QED) is 0.224. The van der Waals surface area contributed by atoms with E-state index in [0.29, 0.717) is 0 Å². The van der Waals surface area contributed by atoms with E-state index < -0.39 is 0 Å². The van der Waals surface area contributed by atoms with E-state index in [1.54, 1.807) is 0 Å². The van der Waals surface area contributed by atoms with Gasteiger partial charge in [0, 0.05) is 0 Å². The van der Waals surface area contributed by atoms with E-state index in [0.717, 1.165) is 16.1 Å². The van der Waals surface area contributed by atoms with Crippen LogP contribution in [-0.4, -0.2) is 4.79 Å². The minimum absolute atomic E-state index is 0.739. The first-order valence-electron chi connectivity index (χ1n) is 6.32. The Morgan fingerprint density at radius 1 is 0.684 bits per heavy atom. The van der Waals surface area contributed by atoms with Crippen molar-refractivity contribution in [1.82, 2.24) is 0 Å². The smallest absolute Gasteiger partial charge is 0.332 e. The molecule has 0 aliphatic heterocycles. The Morgan fingerprint density at radius 2 is 1.42 bits per heavy atom. The molecule has 0 amide bonds. The molecule has 5 aromatic carbocycles. The summed E-state index contributed by atoms with van der Waals surface area (Å²) in [6.07, 6.45) is 0. The van der Waals surface area contributed by atoms with Gasteiger partial charge in [-0.1, -0.05) is 42.5 Å². The lowest BCUT2D eigenvalue weighted by atomic mass is 9.94. The zero-order valence-electron chi connectivity index (χ0n) is 10.0. The highest BCUT2D eigenvalue weighted by molar-refractivity contribution is 6.31. The van der Waals surface area contributed by atoms with Crippen molar-refractivity contribution < 1.29 is 4.79 Å². The van der Waals surface area contributed by atoms with Gasteiger partial charge in [-0.15, -0.1) is 0 Å². The van der Waals surface area contributed by atoms with Crippen LogP contribution in [0.4, 0.5) is 0 Å². The van der Waals surface area contributed by atoms with Gasteiger partial charge >= 0.3 is 5.36 Å². The molecule has 0 atom stereocenters. The largest absolute Gasteiger partial charge is 0.361 e. The van der Waals surface area contributed by atoms with Gasteiger partial charge in [-0.05, 0) is 38.4 Å². The molecule has 0 fully saturated rings. The number of fused-ring (bicyclic) bond motifs is 2. The fraction of sp³-hybridized carbons (Fsp3) is 0. The first kappa shape index (κ1) is 9.26. The summed E-state index contributed by atoms with van der Waals surface area (Å²) in [5.41, 5.74) is 9.05. The molecule has 0 spiro atoms. The van der Waals surface area contributed by atoms with E-state index >= 15 is 0 Å². The van der Waals surface area contributed by atoms with Gasteiger partial charge in [-0.3, -0.25) is 0 Å². The molecule has 0 aliphatic rings. The van der Waals surface area contributed by atoms with Gasteiger partial charge in [0.15, 0.2) is 0 Å². The van der Waals surface area contributed by atoms with Crippen molar-refractivity contribution in [2.75, 3.05) is 0 Å². The number of hydrogen-bond acceptors (Lipinski definition) is 0. The lowest BCUT2D eigenvalue weighted by Crippen LogP contribution is -1.82. The van der Waals surface area contributed by atoms with Crippen LogP contribution in [0, 0.1) is 0 Å². The zero-order chi connectivity index (χ0) is 12.6. The predicted octanol–water partition coefficient (Wildman–Crippen LogP) is 3.74. The fourth-order valence-corrected chi connectivity index (χ4v) is 3.30. The van der Waals surface area contributed by atoms with Crippen molar-refractivity contribution >= 4 is 43.1 Å². The summed E-state index contributed by atoms with van der Waals surface area (Å²) in [6, 6.07) is 17.1. The molecule has 5 aromatic rings. The standard InChI is InChI=1S/C17H8N2/c18-19-17-13-8-11-5-4-9-2-1-3-10-6-7-12(16(13)17)15(11)14(9)10/h1-8H. The maximum absolute atomic E-state index is 9.05. The van der Waals surface area contributed by atoms with Crippen LogP contribution in [0.2, 0.25) is 0 Å². The van der Waals surface area contributed by atoms with E-state index in [1.165, 1.54) is 32.3 Å². The fourth-order valence-electron chi connectivity index (χ4n) is 3.30. The number of benzene rings is 4. The van der Waals surface area contributed by atoms with Crippen LogP contribution in [0.1, 0.15) is 0 Å². The molecule has 0 N–H and O–H groups in total. The molecule has 86 valence electrons. The molecule has 0 unspecified atom stereocenters. The van der Waals surface area contributed by atoms with Crippen molar-refractivity contribution in [2.24, 2.45) is 0 Å². The van der Waals surface area contributed by atoms with Gasteiger partial charge in [-0.25, -0.2) is 0 Å². The van der Waals surface area contributed by atoms with Gasteiger partial charge in [0.2, 0.25) is 0 Å². The second-order valence-electron chi connectivity index (χ2n) is 5.10. The molecule has 0 heterocycles. The Balaban J connectivity index is 2.27. The Hall–Kier alpha value is -2.70. The molecule has 0 saturated carbocycles. The highest BCUT2D eigenvalue weighted by Crippen LogP contribution is 2.38. The molecule has 2 nitrogen and oxygen atoms in total. The first-order valence-corrected chi connectivity index (χ1v) is 6.32. The second kappa shape index (κ2) is 2.82. The summed E-state index contributed by atoms with van der Waals surface area (Å²) in [7, 11) is 0. The Kier molecular flexibility index (Phi) is 1.37. The van der Waals surface area contributed by atoms with E-state index in [-0.39, 0.29) is 0 Å². The van der Waals surface area contributed by atoms with E-state index in [4.69, 9.17) is 5.53 Å². The van der Waals surface area contributed by atoms with Crippen LogP contribution in [0.5, 0.6) is 0 Å². The predicted molar refractivity (Wildman–Crippen MR) is 76.8 cm³/mol. The van der Waals surface area contributed by atoms with Crippen LogP contribution in [0.15, 0.2) is 48.5 Å². The molecule has 0 bridgehead atoms. The van der Waals surface area contributed by atoms with Crippen molar-refractivity contribution in [2.45, 2.75) is 0 Å². The summed E-state index contributed by atoms with van der Waals surface area (Å²) in [4.78, 5) is 3.38. The average Bonchev–Trinajstić information content (AvgIpc) is 3.17. The van der Waals surface area contributed by atoms with Gasteiger partial charge < -0.3 is 5.53 Å². The minimum atomic E-state index is 0.739. The Morgan fingerprint density at radius 3 is 2.21 bits per heavy atom. The summed E-state index contributed by atoms with van der Waals surface area (Å²) < 4.78 is 0. The third kappa shape index (κ3) is 0.953. The SMILES string of the molecule is [N-]=[N+]=c1c2cc3ccc4cccc5ccc(c12)c3c45. The molecule has 0 radical (unpaired) electrons. The van der Waals surface area contributed by atoms with Crippen molar-refractivity contribution in [3.05, 3.63) is 59.4 Å². The Labute approximate surface area is 108 Å². The molecule has 0 aliphatic carbocycles. The van der Waals surface area contributed by atoms with Crippen LogP contribution in [0.25, 0.3) is 48.6 Å². The Bertz CT molecular complexity index is 1130. The average molecular weight is 240 g/mol. The van der Waals surface area contributed by atoms with E-state index in [2.05, 4.69) is 53.3 Å². The van der Waals surface area contributed by atoms with Crippen LogP contribution >= 0.6 is 0 Å². The van der Waals surface area contributed by atoms with Crippen LogP contribution in [-0.2, 0) is 0 Å². The summed E-state index contributed by atoms with van der Waals surface area (Å²) in [5, 5.41) is 10.5. The summed E-state index contributed by atoms with van der Waals surface area (Å²) >= 11 is 0. The number of nitrogens with zero attached hydrogens (tertiary/aromatic N) is 2. The third-order valence-electron chi connectivity index (χ3n) is 4.18. The summed E-state index contributed by atoms with van der Waals surface area (Å²) in [5.74, 6) is 0. The maximum atomic E-state index is 9.05. The first-order chi connectivity index (χ1) is 9.38. The van der Waals surface area contributed by atoms with Gasteiger partial charge in [0.1, 0.15) is 0 Å². The minimum Gasteiger partial charge on any atom is -0.361 e. The molecular weight excluding hydrogens is 232 g/mol. The maximum Gasteiger partial charge on any atom is 0.332 e. The van der Waals surface area contributed by atoms with Crippen molar-refractivity contribution in [3.63, 3.8) is 0 Å². The van der Waals surface area contributed by atoms with Gasteiger partial charge in [0.25, 0.3) is 0 Å². The lowest BCUT2D eigenvalue weighted by molar-refractivity contribution is -0.0566. The van der Waals surface area contributed by atoms with Crippen molar-refractivity contribution in [3.8, 4) is 0 Å². The molecular formula is C17H8N2. The van der Waals surface area contributed by atoms with Crippen LogP contribution in [0.3, 0.4) is 0 Å². The lowest BCUT2D eigenvalue weighted by Gasteiger charge is -2.08. The molecule has 2 heteroatoms. The monoisotopic (exact) mass is 240 g/mol. The number of rotatable bonds is 0. The highest BCUT2D eigenvalue weighted by atomic mass is 14.8. The second-order valence-corrected chi connectivity index (χ2v) is 5.10. The van der Waals surface area contributed by atoms with E-state index in [9.17, 15) is 0 Å². The third-order valence-corrected chi connectivity index (χ3v) is 4.18. The molecule has 0 saturated heterocycles. The molecule has 5 rings (SSSR count). The summed E-state index contributed by atoms with van der Waals surface area (Å²) in [6.45, 7) is 0. The van der Waals surface area contributed by atoms with Gasteiger partial charge in [-0.2, -0.15) is 4.79 Å². The number of hydrogen-bond donors (Lipinski definition) is 0. The van der Waals surface area contributed by atoms with Crippen LogP contribution < -0.4 is 5.36 Å². The van der Waals surface area contributed by atoms with Crippen molar-refractivity contribution in [1.29, 1.82) is 0 Å². The zero-order valence-corrected chi connectivity index (χ0v) is 10.0. The van der Waals surface area contributed by atoms with E-state index in [1.807, 2.05) is 0 Å². The molecule has 19 heavy (non-hydrogen) atoms.